The Bertz CT molecular complexity index is 2560. The number of para-hydroxylation sites is 1. The zero-order chi connectivity index (χ0) is 34.1. The number of aromatic nitrogens is 1. The van der Waals surface area contributed by atoms with Crippen LogP contribution in [-0.2, 0) is 0 Å². The van der Waals surface area contributed by atoms with E-state index < -0.39 is 8.07 Å². The van der Waals surface area contributed by atoms with Crippen LogP contribution in [-0.4, -0.2) is 12.6 Å². The van der Waals surface area contributed by atoms with Crippen molar-refractivity contribution in [3.8, 4) is 29.0 Å². The normalized spacial score (nSPS) is 11.1. The molecule has 5 heteroatoms. The van der Waals surface area contributed by atoms with Crippen LogP contribution >= 0.6 is 0 Å². The molecule has 0 unspecified atom stereocenters. The van der Waals surface area contributed by atoms with Crippen LogP contribution in [0.15, 0.2) is 170 Å². The minimum Gasteiger partial charge on any atom is -0.309 e. The highest BCUT2D eigenvalue weighted by atomic mass is 28.3. The maximum atomic E-state index is 11.1. The van der Waals surface area contributed by atoms with Gasteiger partial charge in [0.1, 0.15) is 0 Å². The highest BCUT2D eigenvalue weighted by molar-refractivity contribution is 7.20. The summed E-state index contributed by atoms with van der Waals surface area (Å²) in [7, 11) is -3.18. The third-order valence-corrected chi connectivity index (χ3v) is 14.5. The molecule has 0 bridgehead atoms. The number of hydrogen-bond donors (Lipinski definition) is 0. The van der Waals surface area contributed by atoms with E-state index in [-0.39, 0.29) is 0 Å². The Morgan fingerprint density at radius 3 is 1.66 bits per heavy atom. The van der Waals surface area contributed by atoms with Crippen LogP contribution < -0.4 is 20.7 Å². The van der Waals surface area contributed by atoms with Gasteiger partial charge in [-0.25, -0.2) is 4.85 Å². The summed E-state index contributed by atoms with van der Waals surface area (Å²) >= 11 is 0. The van der Waals surface area contributed by atoms with E-state index in [1.807, 2.05) is 97.1 Å². The molecule has 0 spiro atoms. The van der Waals surface area contributed by atoms with Crippen LogP contribution in [0.5, 0.6) is 0 Å². The van der Waals surface area contributed by atoms with Gasteiger partial charge in [0, 0.05) is 22.0 Å². The fourth-order valence-electron chi connectivity index (χ4n) is 7.53. The van der Waals surface area contributed by atoms with Gasteiger partial charge < -0.3 is 4.57 Å². The van der Waals surface area contributed by atoms with Crippen LogP contribution in [0.1, 0.15) is 11.1 Å². The molecular weight excluding hydrogens is 625 g/mol. The molecule has 1 heterocycles. The van der Waals surface area contributed by atoms with Crippen molar-refractivity contribution < 1.29 is 0 Å². The molecule has 0 saturated heterocycles. The number of nitriles is 2. The SMILES string of the molecule is [C-]#[N+]c1ccc(-c2ccc(-n3c4ccccc4c4cc(C#N)ccc43)cc2)c(C#N)c1[Si](c1ccccc1)(c1ccccc1)c1ccccc1. The molecule has 8 aromatic rings. The molecule has 0 radical (unpaired) electrons. The second-order valence-electron chi connectivity index (χ2n) is 12.2. The molecular formula is C45H28N4Si. The van der Waals surface area contributed by atoms with Crippen LogP contribution in [0.25, 0.3) is 43.5 Å². The molecule has 0 aliphatic heterocycles. The molecule has 8 rings (SSSR count). The van der Waals surface area contributed by atoms with Crippen molar-refractivity contribution in [2.24, 2.45) is 0 Å². The van der Waals surface area contributed by atoms with E-state index in [4.69, 9.17) is 6.57 Å². The molecule has 50 heavy (non-hydrogen) atoms. The van der Waals surface area contributed by atoms with E-state index in [9.17, 15) is 10.5 Å². The average Bonchev–Trinajstić information content (AvgIpc) is 3.53. The van der Waals surface area contributed by atoms with E-state index in [1.54, 1.807) is 0 Å². The summed E-state index contributed by atoms with van der Waals surface area (Å²) in [6, 6.07) is 62.2. The summed E-state index contributed by atoms with van der Waals surface area (Å²) in [5.41, 5.74) is 6.37. The highest BCUT2D eigenvalue weighted by Crippen LogP contribution is 2.34. The zero-order valence-corrected chi connectivity index (χ0v) is 28.0. The Morgan fingerprint density at radius 1 is 0.540 bits per heavy atom. The Morgan fingerprint density at radius 2 is 1.10 bits per heavy atom. The zero-order valence-electron chi connectivity index (χ0n) is 27.0. The van der Waals surface area contributed by atoms with Gasteiger partial charge in [-0.3, -0.25) is 0 Å². The van der Waals surface area contributed by atoms with Gasteiger partial charge in [0.05, 0.1) is 35.3 Å². The summed E-state index contributed by atoms with van der Waals surface area (Å²) in [4.78, 5) is 4.08. The van der Waals surface area contributed by atoms with Crippen molar-refractivity contribution in [1.29, 1.82) is 10.5 Å². The van der Waals surface area contributed by atoms with E-state index in [2.05, 4.69) is 94.3 Å². The fraction of sp³-hybridized carbons (Fsp3) is 0. The third-order valence-electron chi connectivity index (χ3n) is 9.65. The first-order valence-corrected chi connectivity index (χ1v) is 18.3. The monoisotopic (exact) mass is 652 g/mol. The number of benzene rings is 7. The van der Waals surface area contributed by atoms with Gasteiger partial charge in [0.2, 0.25) is 0 Å². The molecule has 0 fully saturated rings. The second kappa shape index (κ2) is 12.6. The van der Waals surface area contributed by atoms with Gasteiger partial charge >= 0.3 is 0 Å². The number of fused-ring (bicyclic) bond motifs is 3. The molecule has 0 atom stereocenters. The van der Waals surface area contributed by atoms with E-state index in [0.717, 1.165) is 59.4 Å². The minimum absolute atomic E-state index is 0.493. The molecule has 0 aliphatic rings. The first kappa shape index (κ1) is 30.4. The molecule has 0 amide bonds. The summed E-state index contributed by atoms with van der Waals surface area (Å²) < 4.78 is 2.21. The van der Waals surface area contributed by atoms with E-state index >= 15 is 0 Å². The summed E-state index contributed by atoms with van der Waals surface area (Å²) in [6.07, 6.45) is 0. The molecule has 0 aliphatic carbocycles. The first-order valence-electron chi connectivity index (χ1n) is 16.3. The molecule has 0 saturated carbocycles. The highest BCUT2D eigenvalue weighted by Gasteiger charge is 2.45. The first-order chi connectivity index (χ1) is 24.7. The lowest BCUT2D eigenvalue weighted by Gasteiger charge is -2.36. The van der Waals surface area contributed by atoms with Gasteiger partial charge in [0.15, 0.2) is 13.8 Å². The molecule has 0 N–H and O–H groups in total. The lowest BCUT2D eigenvalue weighted by atomic mass is 9.99. The molecule has 4 nitrogen and oxygen atoms in total. The van der Waals surface area contributed by atoms with Gasteiger partial charge in [-0.05, 0) is 68.3 Å². The van der Waals surface area contributed by atoms with Crippen LogP contribution in [0.3, 0.4) is 0 Å². The Hall–Kier alpha value is -6.97. The second-order valence-corrected chi connectivity index (χ2v) is 15.9. The van der Waals surface area contributed by atoms with E-state index in [1.165, 1.54) is 0 Å². The van der Waals surface area contributed by atoms with Crippen molar-refractivity contribution in [2.45, 2.75) is 0 Å². The standard InChI is InChI=1S/C45H28N4Si/c1-48-42-27-26-38(33-22-24-34(25-23-33)49-43-20-12-11-19-39(43)40-29-32(30-46)21-28-44(40)49)41(31-47)45(42)50(35-13-5-2-6-14-35,36-15-7-3-8-16-36)37-17-9-4-10-18-37/h2-29H. The third kappa shape index (κ3) is 4.72. The van der Waals surface area contributed by atoms with E-state index in [0.29, 0.717) is 16.8 Å². The maximum absolute atomic E-state index is 11.1. The number of hydrogen-bond acceptors (Lipinski definition) is 2. The molecule has 1 aromatic heterocycles. The predicted octanol–water partition coefficient (Wildman–Crippen LogP) is 8.12. The average molecular weight is 653 g/mol. The Kier molecular flexibility index (Phi) is 7.63. The van der Waals surface area contributed by atoms with Gasteiger partial charge in [0.25, 0.3) is 0 Å². The largest absolute Gasteiger partial charge is 0.309 e. The summed E-state index contributed by atoms with van der Waals surface area (Å²) in [5, 5.41) is 26.9. The van der Waals surface area contributed by atoms with Crippen LogP contribution in [0.2, 0.25) is 0 Å². The van der Waals surface area contributed by atoms with Gasteiger partial charge in [-0.15, -0.1) is 0 Å². The minimum atomic E-state index is -3.18. The number of nitrogens with zero attached hydrogens (tertiary/aromatic N) is 4. The van der Waals surface area contributed by atoms with Gasteiger partial charge in [-0.2, -0.15) is 10.5 Å². The summed E-state index contributed by atoms with van der Waals surface area (Å²) in [5.74, 6) is 0. The van der Waals surface area contributed by atoms with Crippen LogP contribution in [0, 0.1) is 29.2 Å². The van der Waals surface area contributed by atoms with Gasteiger partial charge in [-0.1, -0.05) is 133 Å². The smallest absolute Gasteiger partial charge is 0.189 e. The van der Waals surface area contributed by atoms with Crippen molar-refractivity contribution in [3.63, 3.8) is 0 Å². The fourth-order valence-corrected chi connectivity index (χ4v) is 12.6. The summed E-state index contributed by atoms with van der Waals surface area (Å²) in [6.45, 7) is 8.38. The lowest BCUT2D eigenvalue weighted by Crippen LogP contribution is -2.75. The predicted molar refractivity (Wildman–Crippen MR) is 206 cm³/mol. The Balaban J connectivity index is 1.38. The quantitative estimate of drug-likeness (QED) is 0.104. The number of rotatable bonds is 6. The Labute approximate surface area is 291 Å². The van der Waals surface area contributed by atoms with Crippen molar-refractivity contribution in [2.75, 3.05) is 0 Å². The molecule has 232 valence electrons. The lowest BCUT2D eigenvalue weighted by molar-refractivity contribution is 1.18. The van der Waals surface area contributed by atoms with Crippen LogP contribution in [0.4, 0.5) is 5.69 Å². The van der Waals surface area contributed by atoms with Crippen molar-refractivity contribution in [3.05, 3.63) is 192 Å². The van der Waals surface area contributed by atoms with Crippen molar-refractivity contribution >= 4 is 56.3 Å². The maximum Gasteiger partial charge on any atom is 0.189 e. The van der Waals surface area contributed by atoms with Crippen molar-refractivity contribution in [1.82, 2.24) is 4.57 Å². The topological polar surface area (TPSA) is 56.9 Å². The molecule has 7 aromatic carbocycles.